The van der Waals surface area contributed by atoms with Gasteiger partial charge in [-0.25, -0.2) is 4.79 Å². The van der Waals surface area contributed by atoms with Crippen molar-refractivity contribution in [3.63, 3.8) is 0 Å². The van der Waals surface area contributed by atoms with Crippen LogP contribution in [-0.2, 0) is 15.6 Å². The standard InChI is InChI=1S/C10H21N3O3S/c1-5-11-10(15)13-9(14)8(3)12-7(2)6-17(4)16/h7-8,12H,5-6H2,1-4H3,(H2,11,13,14,15). The molecule has 0 aromatic carbocycles. The first kappa shape index (κ1) is 16.1. The predicted molar refractivity (Wildman–Crippen MR) is 68.2 cm³/mol. The van der Waals surface area contributed by atoms with Crippen molar-refractivity contribution in [2.75, 3.05) is 18.6 Å². The molecule has 0 aromatic heterocycles. The number of amides is 3. The van der Waals surface area contributed by atoms with Crippen molar-refractivity contribution < 1.29 is 13.8 Å². The van der Waals surface area contributed by atoms with Crippen LogP contribution in [0.2, 0.25) is 0 Å². The molecule has 0 heterocycles. The third kappa shape index (κ3) is 7.87. The average Bonchev–Trinajstić information content (AvgIpc) is 2.15. The number of hydrogen-bond acceptors (Lipinski definition) is 4. The average molecular weight is 263 g/mol. The fraction of sp³-hybridized carbons (Fsp3) is 0.800. The number of urea groups is 1. The molecule has 3 N–H and O–H groups in total. The lowest BCUT2D eigenvalue weighted by atomic mass is 10.2. The van der Waals surface area contributed by atoms with Gasteiger partial charge in [0.05, 0.1) is 6.04 Å². The molecule has 6 nitrogen and oxygen atoms in total. The van der Waals surface area contributed by atoms with E-state index in [4.69, 9.17) is 0 Å². The molecule has 0 aromatic rings. The van der Waals surface area contributed by atoms with Gasteiger partial charge in [-0.1, -0.05) is 0 Å². The molecule has 3 unspecified atom stereocenters. The molecular formula is C10H21N3O3S. The Labute approximate surface area is 104 Å². The summed E-state index contributed by atoms with van der Waals surface area (Å²) in [7, 11) is -0.913. The lowest BCUT2D eigenvalue weighted by molar-refractivity contribution is -0.121. The molecule has 100 valence electrons. The van der Waals surface area contributed by atoms with Crippen molar-refractivity contribution in [1.82, 2.24) is 16.0 Å². The predicted octanol–water partition coefficient (Wildman–Crippen LogP) is -0.423. The number of rotatable bonds is 6. The Bertz CT molecular complexity index is 297. The molecule has 0 bridgehead atoms. The van der Waals surface area contributed by atoms with Crippen LogP contribution >= 0.6 is 0 Å². The summed E-state index contributed by atoms with van der Waals surface area (Å²) in [6.07, 6.45) is 1.61. The van der Waals surface area contributed by atoms with Gasteiger partial charge in [0, 0.05) is 35.4 Å². The highest BCUT2D eigenvalue weighted by molar-refractivity contribution is 7.84. The van der Waals surface area contributed by atoms with Crippen molar-refractivity contribution in [2.45, 2.75) is 32.9 Å². The van der Waals surface area contributed by atoms with Crippen LogP contribution in [0.1, 0.15) is 20.8 Å². The molecule has 0 spiro atoms. The van der Waals surface area contributed by atoms with Crippen molar-refractivity contribution in [1.29, 1.82) is 0 Å². The third-order valence-electron chi connectivity index (χ3n) is 1.99. The van der Waals surface area contributed by atoms with E-state index in [2.05, 4.69) is 16.0 Å². The molecule has 0 saturated carbocycles. The molecular weight excluding hydrogens is 242 g/mol. The Morgan fingerprint density at radius 2 is 1.88 bits per heavy atom. The maximum Gasteiger partial charge on any atom is 0.321 e. The Morgan fingerprint density at radius 1 is 1.29 bits per heavy atom. The molecule has 0 aliphatic heterocycles. The van der Waals surface area contributed by atoms with Crippen LogP contribution in [0.4, 0.5) is 4.79 Å². The fourth-order valence-corrected chi connectivity index (χ4v) is 2.13. The van der Waals surface area contributed by atoms with Gasteiger partial charge in [-0.2, -0.15) is 0 Å². The van der Waals surface area contributed by atoms with Crippen LogP contribution in [0.15, 0.2) is 0 Å². The Morgan fingerprint density at radius 3 is 2.35 bits per heavy atom. The minimum Gasteiger partial charge on any atom is -0.338 e. The largest absolute Gasteiger partial charge is 0.338 e. The van der Waals surface area contributed by atoms with E-state index < -0.39 is 28.8 Å². The fourth-order valence-electron chi connectivity index (χ4n) is 1.33. The van der Waals surface area contributed by atoms with E-state index >= 15 is 0 Å². The summed E-state index contributed by atoms with van der Waals surface area (Å²) in [4.78, 5) is 22.6. The summed E-state index contributed by atoms with van der Waals surface area (Å²) in [5.41, 5.74) is 0. The summed E-state index contributed by atoms with van der Waals surface area (Å²) in [6.45, 7) is 5.73. The van der Waals surface area contributed by atoms with Crippen LogP contribution in [0.25, 0.3) is 0 Å². The van der Waals surface area contributed by atoms with E-state index in [1.807, 2.05) is 6.92 Å². The number of hydrogen-bond donors (Lipinski definition) is 3. The van der Waals surface area contributed by atoms with E-state index in [1.165, 1.54) is 0 Å². The van der Waals surface area contributed by atoms with Gasteiger partial charge in [0.2, 0.25) is 5.91 Å². The van der Waals surface area contributed by atoms with Gasteiger partial charge in [-0.05, 0) is 20.8 Å². The molecule has 0 fully saturated rings. The van der Waals surface area contributed by atoms with Crippen molar-refractivity contribution in [3.8, 4) is 0 Å². The zero-order valence-corrected chi connectivity index (χ0v) is 11.5. The molecule has 0 saturated heterocycles. The summed E-state index contributed by atoms with van der Waals surface area (Å²) in [5.74, 6) is 0.0726. The van der Waals surface area contributed by atoms with Crippen molar-refractivity contribution in [2.24, 2.45) is 0 Å². The Hall–Kier alpha value is -0.950. The van der Waals surface area contributed by atoms with Crippen LogP contribution < -0.4 is 16.0 Å². The normalized spacial score (nSPS) is 15.8. The molecule has 0 aliphatic carbocycles. The van der Waals surface area contributed by atoms with E-state index in [1.54, 1.807) is 20.1 Å². The van der Waals surface area contributed by atoms with Crippen LogP contribution in [0, 0.1) is 0 Å². The van der Waals surface area contributed by atoms with Gasteiger partial charge in [-0.15, -0.1) is 0 Å². The summed E-state index contributed by atoms with van der Waals surface area (Å²) in [6, 6.07) is -1.05. The van der Waals surface area contributed by atoms with E-state index in [0.29, 0.717) is 12.3 Å². The maximum atomic E-state index is 11.5. The first-order valence-electron chi connectivity index (χ1n) is 5.51. The third-order valence-corrected chi connectivity index (χ3v) is 2.96. The highest BCUT2D eigenvalue weighted by Gasteiger charge is 2.17. The van der Waals surface area contributed by atoms with Crippen LogP contribution in [0.3, 0.4) is 0 Å². The van der Waals surface area contributed by atoms with Gasteiger partial charge >= 0.3 is 6.03 Å². The zero-order chi connectivity index (χ0) is 13.4. The van der Waals surface area contributed by atoms with Gasteiger partial charge in [-0.3, -0.25) is 14.3 Å². The van der Waals surface area contributed by atoms with Gasteiger partial charge in [0.25, 0.3) is 0 Å². The monoisotopic (exact) mass is 263 g/mol. The molecule has 3 atom stereocenters. The second kappa shape index (κ2) is 8.19. The van der Waals surface area contributed by atoms with Crippen molar-refractivity contribution in [3.05, 3.63) is 0 Å². The second-order valence-electron chi connectivity index (χ2n) is 3.88. The second-order valence-corrected chi connectivity index (χ2v) is 5.36. The Balaban J connectivity index is 4.04. The molecule has 3 amide bonds. The van der Waals surface area contributed by atoms with E-state index in [-0.39, 0.29) is 6.04 Å². The van der Waals surface area contributed by atoms with Gasteiger partial charge in [0.1, 0.15) is 0 Å². The molecule has 0 radical (unpaired) electrons. The minimum absolute atomic E-state index is 0.0455. The summed E-state index contributed by atoms with van der Waals surface area (Å²) >= 11 is 0. The first-order chi connectivity index (χ1) is 7.86. The number of nitrogens with one attached hydrogen (secondary N) is 3. The van der Waals surface area contributed by atoms with E-state index in [9.17, 15) is 13.8 Å². The Kier molecular flexibility index (Phi) is 7.73. The highest BCUT2D eigenvalue weighted by Crippen LogP contribution is 1.90. The van der Waals surface area contributed by atoms with Gasteiger partial charge in [0.15, 0.2) is 0 Å². The molecule has 0 aliphatic rings. The van der Waals surface area contributed by atoms with Gasteiger partial charge < -0.3 is 10.6 Å². The number of carbonyl (C=O) groups is 2. The summed E-state index contributed by atoms with van der Waals surface area (Å²) < 4.78 is 11.0. The van der Waals surface area contributed by atoms with Crippen molar-refractivity contribution >= 4 is 22.7 Å². The topological polar surface area (TPSA) is 87.3 Å². The number of carbonyl (C=O) groups excluding carboxylic acids is 2. The lowest BCUT2D eigenvalue weighted by Crippen LogP contribution is -2.50. The van der Waals surface area contributed by atoms with E-state index in [0.717, 1.165) is 0 Å². The highest BCUT2D eigenvalue weighted by atomic mass is 32.2. The zero-order valence-electron chi connectivity index (χ0n) is 10.7. The van der Waals surface area contributed by atoms with Crippen LogP contribution in [-0.4, -0.2) is 46.8 Å². The summed E-state index contributed by atoms with van der Waals surface area (Å²) in [5, 5.41) is 7.65. The maximum absolute atomic E-state index is 11.5. The number of imide groups is 1. The minimum atomic E-state index is -0.913. The van der Waals surface area contributed by atoms with Crippen LogP contribution in [0.5, 0.6) is 0 Å². The SMILES string of the molecule is CCNC(=O)NC(=O)C(C)NC(C)CS(C)=O. The molecule has 0 rings (SSSR count). The quantitative estimate of drug-likeness (QED) is 0.607. The molecule has 17 heavy (non-hydrogen) atoms. The molecule has 7 heteroatoms. The smallest absolute Gasteiger partial charge is 0.321 e. The first-order valence-corrected chi connectivity index (χ1v) is 7.24. The lowest BCUT2D eigenvalue weighted by Gasteiger charge is -2.18.